The fraction of sp³-hybridized carbons (Fsp3) is 0.600. The summed E-state index contributed by atoms with van der Waals surface area (Å²) in [5, 5.41) is 13.2. The number of rotatable bonds is 7. The Morgan fingerprint density at radius 1 is 1.22 bits per heavy atom. The SMILES string of the molecule is CCC(CC)C(O)CNC(C)c1ccccc1F. The summed E-state index contributed by atoms with van der Waals surface area (Å²) in [6, 6.07) is 6.66. The van der Waals surface area contributed by atoms with Gasteiger partial charge >= 0.3 is 0 Å². The van der Waals surface area contributed by atoms with Gasteiger partial charge < -0.3 is 10.4 Å². The fourth-order valence-electron chi connectivity index (χ4n) is 2.23. The molecule has 3 heteroatoms. The van der Waals surface area contributed by atoms with E-state index in [1.165, 1.54) is 6.07 Å². The summed E-state index contributed by atoms with van der Waals surface area (Å²) in [5.74, 6) is 0.111. The van der Waals surface area contributed by atoms with Crippen LogP contribution in [0.1, 0.15) is 45.2 Å². The van der Waals surface area contributed by atoms with Crippen LogP contribution in [0.3, 0.4) is 0 Å². The smallest absolute Gasteiger partial charge is 0.127 e. The summed E-state index contributed by atoms with van der Waals surface area (Å²) in [4.78, 5) is 0. The number of hydrogen-bond donors (Lipinski definition) is 2. The Morgan fingerprint density at radius 3 is 2.39 bits per heavy atom. The van der Waals surface area contributed by atoms with E-state index in [1.807, 2.05) is 13.0 Å². The van der Waals surface area contributed by atoms with Crippen molar-refractivity contribution in [2.24, 2.45) is 5.92 Å². The third-order valence-corrected chi connectivity index (χ3v) is 3.60. The summed E-state index contributed by atoms with van der Waals surface area (Å²) >= 11 is 0. The first-order valence-electron chi connectivity index (χ1n) is 6.76. The summed E-state index contributed by atoms with van der Waals surface area (Å²) in [5.41, 5.74) is 0.647. The minimum absolute atomic E-state index is 0.0878. The second-order valence-electron chi connectivity index (χ2n) is 4.80. The van der Waals surface area contributed by atoms with E-state index < -0.39 is 0 Å². The average Bonchev–Trinajstić information content (AvgIpc) is 2.38. The maximum Gasteiger partial charge on any atom is 0.127 e. The summed E-state index contributed by atoms with van der Waals surface area (Å²) in [6.07, 6.45) is 1.56. The molecule has 18 heavy (non-hydrogen) atoms. The molecule has 0 saturated heterocycles. The molecule has 0 fully saturated rings. The number of benzene rings is 1. The maximum absolute atomic E-state index is 13.6. The molecule has 0 aliphatic rings. The second kappa shape index (κ2) is 7.49. The van der Waals surface area contributed by atoms with Gasteiger partial charge in [0.1, 0.15) is 5.82 Å². The average molecular weight is 253 g/mol. The molecule has 102 valence electrons. The predicted molar refractivity (Wildman–Crippen MR) is 72.9 cm³/mol. The van der Waals surface area contributed by atoms with Crippen LogP contribution < -0.4 is 5.32 Å². The van der Waals surface area contributed by atoms with E-state index in [1.54, 1.807) is 12.1 Å². The first-order chi connectivity index (χ1) is 8.60. The minimum Gasteiger partial charge on any atom is -0.392 e. The predicted octanol–water partition coefficient (Wildman–Crippen LogP) is 3.27. The first kappa shape index (κ1) is 15.1. The minimum atomic E-state index is -0.366. The highest BCUT2D eigenvalue weighted by atomic mass is 19.1. The maximum atomic E-state index is 13.6. The lowest BCUT2D eigenvalue weighted by atomic mass is 9.96. The number of aliphatic hydroxyl groups is 1. The van der Waals surface area contributed by atoms with Crippen molar-refractivity contribution in [3.8, 4) is 0 Å². The summed E-state index contributed by atoms with van der Waals surface area (Å²) in [7, 11) is 0. The monoisotopic (exact) mass is 253 g/mol. The Balaban J connectivity index is 2.51. The van der Waals surface area contributed by atoms with Crippen molar-refractivity contribution in [3.63, 3.8) is 0 Å². The Hall–Kier alpha value is -0.930. The van der Waals surface area contributed by atoms with Gasteiger partial charge in [-0.2, -0.15) is 0 Å². The third kappa shape index (κ3) is 4.07. The lowest BCUT2D eigenvalue weighted by Gasteiger charge is -2.23. The van der Waals surface area contributed by atoms with Crippen molar-refractivity contribution in [1.82, 2.24) is 5.32 Å². The van der Waals surface area contributed by atoms with Gasteiger partial charge in [0.15, 0.2) is 0 Å². The molecule has 1 aromatic rings. The molecule has 2 nitrogen and oxygen atoms in total. The van der Waals surface area contributed by atoms with Crippen LogP contribution in [0.2, 0.25) is 0 Å². The molecular formula is C15H24FNO. The number of aliphatic hydroxyl groups excluding tert-OH is 1. The molecule has 2 atom stereocenters. The van der Waals surface area contributed by atoms with Gasteiger partial charge in [0, 0.05) is 18.2 Å². The number of hydrogen-bond acceptors (Lipinski definition) is 2. The van der Waals surface area contributed by atoms with E-state index in [4.69, 9.17) is 0 Å². The van der Waals surface area contributed by atoms with Crippen LogP contribution in [0.5, 0.6) is 0 Å². The molecule has 0 amide bonds. The van der Waals surface area contributed by atoms with Gasteiger partial charge in [0.25, 0.3) is 0 Å². The van der Waals surface area contributed by atoms with Gasteiger partial charge in [-0.05, 0) is 18.9 Å². The van der Waals surface area contributed by atoms with Crippen molar-refractivity contribution in [3.05, 3.63) is 35.6 Å². The Labute approximate surface area is 109 Å². The van der Waals surface area contributed by atoms with E-state index in [0.717, 1.165) is 12.8 Å². The Kier molecular flexibility index (Phi) is 6.30. The molecule has 2 unspecified atom stereocenters. The van der Waals surface area contributed by atoms with Crippen molar-refractivity contribution >= 4 is 0 Å². The fourth-order valence-corrected chi connectivity index (χ4v) is 2.23. The van der Waals surface area contributed by atoms with Crippen LogP contribution in [0, 0.1) is 11.7 Å². The zero-order chi connectivity index (χ0) is 13.5. The quantitative estimate of drug-likeness (QED) is 0.781. The van der Waals surface area contributed by atoms with Crippen LogP contribution in [-0.2, 0) is 0 Å². The molecule has 0 aliphatic carbocycles. The van der Waals surface area contributed by atoms with E-state index in [9.17, 15) is 9.50 Å². The molecular weight excluding hydrogens is 229 g/mol. The Bertz CT molecular complexity index is 352. The molecule has 0 bridgehead atoms. The Morgan fingerprint density at radius 2 is 1.83 bits per heavy atom. The summed E-state index contributed by atoms with van der Waals surface area (Å²) < 4.78 is 13.6. The molecule has 0 radical (unpaired) electrons. The molecule has 1 rings (SSSR count). The van der Waals surface area contributed by atoms with Gasteiger partial charge in [0.2, 0.25) is 0 Å². The van der Waals surface area contributed by atoms with Gasteiger partial charge in [0.05, 0.1) is 6.10 Å². The van der Waals surface area contributed by atoms with Gasteiger partial charge in [-0.1, -0.05) is 44.9 Å². The zero-order valence-corrected chi connectivity index (χ0v) is 11.5. The van der Waals surface area contributed by atoms with Crippen LogP contribution in [0.4, 0.5) is 4.39 Å². The van der Waals surface area contributed by atoms with E-state index in [-0.39, 0.29) is 18.0 Å². The molecule has 0 aromatic heterocycles. The largest absolute Gasteiger partial charge is 0.392 e. The highest BCUT2D eigenvalue weighted by Gasteiger charge is 2.17. The van der Waals surface area contributed by atoms with Gasteiger partial charge in [-0.3, -0.25) is 0 Å². The normalized spacial score (nSPS) is 14.8. The summed E-state index contributed by atoms with van der Waals surface area (Å²) in [6.45, 7) is 6.58. The number of halogens is 1. The van der Waals surface area contributed by atoms with E-state index >= 15 is 0 Å². The standard InChI is InChI=1S/C15H24FNO/c1-4-12(5-2)15(18)10-17-11(3)13-8-6-7-9-14(13)16/h6-9,11-12,15,17-18H,4-5,10H2,1-3H3. The van der Waals surface area contributed by atoms with Crippen molar-refractivity contribution in [1.29, 1.82) is 0 Å². The van der Waals surface area contributed by atoms with Crippen LogP contribution in [-0.4, -0.2) is 17.8 Å². The first-order valence-corrected chi connectivity index (χ1v) is 6.76. The highest BCUT2D eigenvalue weighted by molar-refractivity contribution is 5.20. The van der Waals surface area contributed by atoms with Gasteiger partial charge in [-0.15, -0.1) is 0 Å². The lowest BCUT2D eigenvalue weighted by Crippen LogP contribution is -2.34. The van der Waals surface area contributed by atoms with Crippen LogP contribution in [0.15, 0.2) is 24.3 Å². The van der Waals surface area contributed by atoms with Crippen LogP contribution in [0.25, 0.3) is 0 Å². The topological polar surface area (TPSA) is 32.3 Å². The van der Waals surface area contributed by atoms with Gasteiger partial charge in [-0.25, -0.2) is 4.39 Å². The molecule has 0 saturated carbocycles. The molecule has 1 aromatic carbocycles. The molecule has 0 spiro atoms. The second-order valence-corrected chi connectivity index (χ2v) is 4.80. The molecule has 2 N–H and O–H groups in total. The number of nitrogens with one attached hydrogen (secondary N) is 1. The van der Waals surface area contributed by atoms with E-state index in [2.05, 4.69) is 19.2 Å². The lowest BCUT2D eigenvalue weighted by molar-refractivity contribution is 0.0987. The molecule has 0 heterocycles. The zero-order valence-electron chi connectivity index (χ0n) is 11.5. The highest BCUT2D eigenvalue weighted by Crippen LogP contribution is 2.17. The van der Waals surface area contributed by atoms with Crippen LogP contribution >= 0.6 is 0 Å². The van der Waals surface area contributed by atoms with Crippen molar-refractivity contribution in [2.75, 3.05) is 6.54 Å². The third-order valence-electron chi connectivity index (χ3n) is 3.60. The van der Waals surface area contributed by atoms with E-state index in [0.29, 0.717) is 18.0 Å². The molecule has 0 aliphatic heterocycles. The van der Waals surface area contributed by atoms with Crippen molar-refractivity contribution < 1.29 is 9.50 Å². The van der Waals surface area contributed by atoms with Crippen molar-refractivity contribution in [2.45, 2.75) is 45.8 Å².